The molecule has 1 atom stereocenters. The number of imidazole rings is 1. The highest BCUT2D eigenvalue weighted by Crippen LogP contribution is 2.25. The fraction of sp³-hybridized carbons (Fsp3) is 0.286. The molecule has 0 aliphatic heterocycles. The molecule has 0 spiro atoms. The van der Waals surface area contributed by atoms with Crippen LogP contribution < -0.4 is 0 Å². The van der Waals surface area contributed by atoms with Gasteiger partial charge in [-0.05, 0) is 43.0 Å². The molecule has 0 aliphatic carbocycles. The molecule has 1 aromatic heterocycles. The fourth-order valence-corrected chi connectivity index (χ4v) is 4.07. The minimum Gasteiger partial charge on any atom is -0.337 e. The molecule has 130 valence electrons. The van der Waals surface area contributed by atoms with Crippen molar-refractivity contribution < 1.29 is 0 Å². The van der Waals surface area contributed by atoms with Crippen LogP contribution in [-0.4, -0.2) is 14.8 Å². The summed E-state index contributed by atoms with van der Waals surface area (Å²) >= 11 is 8.01. The number of aryl methyl sites for hydroxylation is 2. The first-order valence-corrected chi connectivity index (χ1v) is 9.99. The van der Waals surface area contributed by atoms with Crippen molar-refractivity contribution in [3.05, 3.63) is 89.0 Å². The number of benzene rings is 2. The van der Waals surface area contributed by atoms with E-state index in [1.54, 1.807) is 0 Å². The number of hydrogen-bond donors (Lipinski definition) is 0. The molecular weight excluding hydrogens is 348 g/mol. The highest BCUT2D eigenvalue weighted by atomic mass is 35.5. The summed E-state index contributed by atoms with van der Waals surface area (Å²) < 4.78 is 2.16. The number of hydrogen-bond acceptors (Lipinski definition) is 2. The predicted molar refractivity (Wildman–Crippen MR) is 108 cm³/mol. The average Bonchev–Trinajstić information content (AvgIpc) is 3.14. The van der Waals surface area contributed by atoms with Crippen molar-refractivity contribution in [3.63, 3.8) is 0 Å². The van der Waals surface area contributed by atoms with Crippen LogP contribution in [0.15, 0.2) is 67.3 Å². The minimum absolute atomic E-state index is 0.570. The number of aromatic nitrogens is 2. The summed E-state index contributed by atoms with van der Waals surface area (Å²) in [5.74, 6) is 1.01. The van der Waals surface area contributed by atoms with E-state index in [1.165, 1.54) is 16.7 Å². The summed E-state index contributed by atoms with van der Waals surface area (Å²) in [6, 6.07) is 17.1. The van der Waals surface area contributed by atoms with E-state index in [2.05, 4.69) is 52.9 Å². The van der Waals surface area contributed by atoms with E-state index in [0.717, 1.165) is 30.2 Å². The quantitative estimate of drug-likeness (QED) is 0.500. The second kappa shape index (κ2) is 9.12. The van der Waals surface area contributed by atoms with Crippen molar-refractivity contribution >= 4 is 23.4 Å². The molecule has 1 unspecified atom stereocenters. The zero-order valence-corrected chi connectivity index (χ0v) is 16.0. The zero-order valence-electron chi connectivity index (χ0n) is 14.4. The molecule has 0 saturated carbocycles. The number of thioether (sulfide) groups is 1. The van der Waals surface area contributed by atoms with Gasteiger partial charge < -0.3 is 4.57 Å². The Kier molecular flexibility index (Phi) is 6.60. The van der Waals surface area contributed by atoms with Crippen LogP contribution in [0.3, 0.4) is 0 Å². The molecule has 3 aromatic rings. The summed E-state index contributed by atoms with van der Waals surface area (Å²) in [7, 11) is 0. The fourth-order valence-electron chi connectivity index (χ4n) is 2.74. The first-order chi connectivity index (χ1) is 12.2. The van der Waals surface area contributed by atoms with Crippen LogP contribution >= 0.6 is 23.4 Å². The molecule has 3 rings (SSSR count). The zero-order chi connectivity index (χ0) is 17.5. The van der Waals surface area contributed by atoms with Gasteiger partial charge in [0.1, 0.15) is 0 Å². The summed E-state index contributed by atoms with van der Waals surface area (Å²) in [4.78, 5) is 4.14. The Labute approximate surface area is 159 Å². The third-order valence-electron chi connectivity index (χ3n) is 4.25. The number of rotatable bonds is 8. The maximum atomic E-state index is 5.99. The van der Waals surface area contributed by atoms with E-state index in [0.29, 0.717) is 5.25 Å². The van der Waals surface area contributed by atoms with Crippen molar-refractivity contribution in [2.24, 2.45) is 0 Å². The van der Waals surface area contributed by atoms with Crippen LogP contribution in [0, 0.1) is 6.92 Å². The summed E-state index contributed by atoms with van der Waals surface area (Å²) in [6.45, 7) is 3.14. The second-order valence-corrected chi connectivity index (χ2v) is 8.06. The van der Waals surface area contributed by atoms with Gasteiger partial charge in [-0.25, -0.2) is 4.98 Å². The molecule has 0 aliphatic rings. The third kappa shape index (κ3) is 5.94. The lowest BCUT2D eigenvalue weighted by Gasteiger charge is -2.17. The second-order valence-electron chi connectivity index (χ2n) is 6.34. The van der Waals surface area contributed by atoms with Gasteiger partial charge in [0, 0.05) is 35.0 Å². The van der Waals surface area contributed by atoms with Gasteiger partial charge in [0.05, 0.1) is 6.33 Å². The highest BCUT2D eigenvalue weighted by Gasteiger charge is 2.11. The molecule has 0 N–H and O–H groups in total. The number of nitrogens with zero attached hydrogens (tertiary/aromatic N) is 2. The third-order valence-corrected chi connectivity index (χ3v) is 5.88. The molecule has 0 saturated heterocycles. The van der Waals surface area contributed by atoms with Crippen LogP contribution in [0.2, 0.25) is 5.02 Å². The van der Waals surface area contributed by atoms with E-state index in [1.807, 2.05) is 42.6 Å². The normalized spacial score (nSPS) is 12.2. The van der Waals surface area contributed by atoms with Crippen molar-refractivity contribution in [1.82, 2.24) is 9.55 Å². The Morgan fingerprint density at radius 2 is 1.76 bits per heavy atom. The van der Waals surface area contributed by atoms with Gasteiger partial charge in [-0.15, -0.1) is 0 Å². The van der Waals surface area contributed by atoms with Crippen molar-refractivity contribution in [2.75, 3.05) is 0 Å². The smallest absolute Gasteiger partial charge is 0.0945 e. The Bertz CT molecular complexity index is 752. The van der Waals surface area contributed by atoms with Crippen LogP contribution in [0.25, 0.3) is 0 Å². The van der Waals surface area contributed by atoms with Crippen molar-refractivity contribution in [1.29, 1.82) is 0 Å². The van der Waals surface area contributed by atoms with Crippen molar-refractivity contribution in [2.45, 2.75) is 37.3 Å². The van der Waals surface area contributed by atoms with E-state index in [9.17, 15) is 0 Å². The lowest BCUT2D eigenvalue weighted by atomic mass is 10.1. The van der Waals surface area contributed by atoms with Gasteiger partial charge in [0.15, 0.2) is 0 Å². The SMILES string of the molecule is Cc1ccc(CC(CCn2ccnc2)SCc2ccc(Cl)cc2)cc1. The molecular formula is C21H23ClN2S. The standard InChI is InChI=1S/C21H23ClN2S/c1-17-2-4-18(5-3-17)14-21(10-12-24-13-11-23-16-24)25-15-19-6-8-20(22)9-7-19/h2-9,11,13,16,21H,10,12,14-15H2,1H3. The van der Waals surface area contributed by atoms with E-state index < -0.39 is 0 Å². The van der Waals surface area contributed by atoms with E-state index in [-0.39, 0.29) is 0 Å². The van der Waals surface area contributed by atoms with E-state index in [4.69, 9.17) is 11.6 Å². The Morgan fingerprint density at radius 1 is 1.04 bits per heavy atom. The molecule has 0 fully saturated rings. The Hall–Kier alpha value is -1.71. The number of halogens is 1. The van der Waals surface area contributed by atoms with Crippen molar-refractivity contribution in [3.8, 4) is 0 Å². The van der Waals surface area contributed by atoms with Gasteiger partial charge in [-0.2, -0.15) is 11.8 Å². The molecule has 1 heterocycles. The molecule has 2 nitrogen and oxygen atoms in total. The van der Waals surface area contributed by atoms with Gasteiger partial charge in [-0.3, -0.25) is 0 Å². The average molecular weight is 371 g/mol. The monoisotopic (exact) mass is 370 g/mol. The molecule has 0 bridgehead atoms. The summed E-state index contributed by atoms with van der Waals surface area (Å²) in [5.41, 5.74) is 4.04. The lowest BCUT2D eigenvalue weighted by molar-refractivity contribution is 0.619. The molecule has 4 heteroatoms. The van der Waals surface area contributed by atoms with Gasteiger partial charge in [0.2, 0.25) is 0 Å². The van der Waals surface area contributed by atoms with Gasteiger partial charge in [-0.1, -0.05) is 53.6 Å². The lowest BCUT2D eigenvalue weighted by Crippen LogP contribution is -2.11. The summed E-state index contributed by atoms with van der Waals surface area (Å²) in [5, 5.41) is 1.37. The first kappa shape index (κ1) is 18.1. The Morgan fingerprint density at radius 3 is 2.44 bits per heavy atom. The first-order valence-electron chi connectivity index (χ1n) is 8.56. The van der Waals surface area contributed by atoms with Crippen LogP contribution in [-0.2, 0) is 18.7 Å². The van der Waals surface area contributed by atoms with Crippen LogP contribution in [0.1, 0.15) is 23.1 Å². The van der Waals surface area contributed by atoms with E-state index >= 15 is 0 Å². The minimum atomic E-state index is 0.570. The highest BCUT2D eigenvalue weighted by molar-refractivity contribution is 7.99. The molecule has 0 amide bonds. The maximum Gasteiger partial charge on any atom is 0.0945 e. The van der Waals surface area contributed by atoms with Gasteiger partial charge in [0.25, 0.3) is 0 Å². The Balaban J connectivity index is 1.62. The molecule has 25 heavy (non-hydrogen) atoms. The summed E-state index contributed by atoms with van der Waals surface area (Å²) in [6.07, 6.45) is 7.99. The van der Waals surface area contributed by atoms with Crippen LogP contribution in [0.5, 0.6) is 0 Å². The largest absolute Gasteiger partial charge is 0.337 e. The maximum absolute atomic E-state index is 5.99. The molecule has 0 radical (unpaired) electrons. The van der Waals surface area contributed by atoms with Crippen LogP contribution in [0.4, 0.5) is 0 Å². The topological polar surface area (TPSA) is 17.8 Å². The predicted octanol–water partition coefficient (Wildman–Crippen LogP) is 5.78. The van der Waals surface area contributed by atoms with Gasteiger partial charge >= 0.3 is 0 Å². The molecule has 2 aromatic carbocycles.